The molecule has 0 bridgehead atoms. The Balaban J connectivity index is 1.38. The first-order valence-corrected chi connectivity index (χ1v) is 11.5. The minimum atomic E-state index is -3.78. The fraction of sp³-hybridized carbons (Fsp3) is 0.208. The number of imidazole rings is 1. The van der Waals surface area contributed by atoms with Gasteiger partial charge in [-0.25, -0.2) is 9.67 Å². The van der Waals surface area contributed by atoms with Gasteiger partial charge in [-0.3, -0.25) is 9.59 Å². The Labute approximate surface area is 211 Å². The summed E-state index contributed by atoms with van der Waals surface area (Å²) < 4.78 is 36.9. The van der Waals surface area contributed by atoms with Gasteiger partial charge in [0, 0.05) is 23.4 Å². The lowest BCUT2D eigenvalue weighted by atomic mass is 10.1. The molecule has 4 aromatic rings. The number of H-pyrrole nitrogens is 1. The second kappa shape index (κ2) is 8.28. The molecule has 2 aliphatic rings. The molecule has 2 aromatic carbocycles. The highest BCUT2D eigenvalue weighted by Gasteiger charge is 2.44. The number of carbonyl (C=O) groups is 1. The smallest absolute Gasteiger partial charge is 0.395 e. The highest BCUT2D eigenvalue weighted by molar-refractivity contribution is 6.31. The van der Waals surface area contributed by atoms with Crippen LogP contribution in [0.4, 0.5) is 14.5 Å². The Morgan fingerprint density at radius 1 is 1.24 bits per heavy atom. The van der Waals surface area contributed by atoms with Gasteiger partial charge < -0.3 is 19.4 Å². The summed E-state index contributed by atoms with van der Waals surface area (Å²) in [6.07, 6.45) is -1.02. The molecule has 6 rings (SSSR count). The molecular weight excluding hydrogens is 510 g/mol. The third-order valence-electron chi connectivity index (χ3n) is 6.02. The average molecular weight is 525 g/mol. The molecule has 0 spiro atoms. The predicted molar refractivity (Wildman–Crippen MR) is 126 cm³/mol. The summed E-state index contributed by atoms with van der Waals surface area (Å²) in [4.78, 5) is 35.0. The number of amides is 1. The second-order valence-corrected chi connectivity index (χ2v) is 8.94. The fourth-order valence-corrected chi connectivity index (χ4v) is 4.39. The van der Waals surface area contributed by atoms with Gasteiger partial charge in [0.1, 0.15) is 18.3 Å². The number of anilines is 1. The molecule has 1 saturated carbocycles. The van der Waals surface area contributed by atoms with Gasteiger partial charge in [-0.15, -0.1) is 8.78 Å². The fourth-order valence-electron chi connectivity index (χ4n) is 4.23. The predicted octanol–water partition coefficient (Wildman–Crippen LogP) is 3.83. The van der Waals surface area contributed by atoms with Gasteiger partial charge in [0.25, 0.3) is 5.56 Å². The van der Waals surface area contributed by atoms with Gasteiger partial charge >= 0.3 is 6.29 Å². The maximum absolute atomic E-state index is 13.5. The van der Waals surface area contributed by atoms with E-state index in [1.165, 1.54) is 41.6 Å². The number of aromatic amines is 1. The van der Waals surface area contributed by atoms with Gasteiger partial charge in [0.2, 0.25) is 5.91 Å². The number of hydrogen-bond acceptors (Lipinski definition) is 7. The quantitative estimate of drug-likeness (QED) is 0.420. The van der Waals surface area contributed by atoms with Crippen molar-refractivity contribution in [3.63, 3.8) is 0 Å². The molecule has 37 heavy (non-hydrogen) atoms. The normalized spacial score (nSPS) is 15.5. The highest BCUT2D eigenvalue weighted by Crippen LogP contribution is 2.44. The lowest BCUT2D eigenvalue weighted by molar-refractivity contribution is -0.286. The Bertz CT molecular complexity index is 1690. The van der Waals surface area contributed by atoms with Gasteiger partial charge in [0.15, 0.2) is 17.0 Å². The van der Waals surface area contributed by atoms with Crippen molar-refractivity contribution >= 4 is 34.2 Å². The van der Waals surface area contributed by atoms with E-state index in [1.807, 2.05) is 6.07 Å². The number of benzene rings is 2. The molecule has 0 saturated heterocycles. The number of ether oxygens (including phenoxy) is 2. The molecule has 1 amide bonds. The number of aromatic nitrogens is 4. The number of rotatable bonds is 5. The molecule has 1 aliphatic heterocycles. The zero-order valence-electron chi connectivity index (χ0n) is 18.7. The Morgan fingerprint density at radius 3 is 2.78 bits per heavy atom. The number of alkyl halides is 2. The van der Waals surface area contributed by atoms with Crippen molar-refractivity contribution in [3.05, 3.63) is 63.7 Å². The molecule has 3 heterocycles. The number of nitriles is 1. The van der Waals surface area contributed by atoms with E-state index in [1.54, 1.807) is 6.07 Å². The number of carbonyl (C=O) groups excluding carboxylic acids is 1. The third-order valence-corrected chi connectivity index (χ3v) is 6.35. The number of fused-ring (bicyclic) bond motifs is 2. The Hall–Kier alpha value is -4.50. The molecule has 186 valence electrons. The van der Waals surface area contributed by atoms with E-state index in [0.717, 1.165) is 4.68 Å². The molecule has 2 aromatic heterocycles. The molecule has 13 heteroatoms. The summed E-state index contributed by atoms with van der Waals surface area (Å²) in [5.41, 5.74) is 1.16. The van der Waals surface area contributed by atoms with Crippen LogP contribution in [0.5, 0.6) is 11.5 Å². The van der Waals surface area contributed by atoms with E-state index >= 15 is 0 Å². The van der Waals surface area contributed by atoms with Gasteiger partial charge in [-0.05, 0) is 37.1 Å². The molecule has 0 radical (unpaired) electrons. The van der Waals surface area contributed by atoms with Gasteiger partial charge in [0.05, 0.1) is 22.4 Å². The first-order valence-electron chi connectivity index (χ1n) is 11.1. The molecule has 1 fully saturated rings. The van der Waals surface area contributed by atoms with Crippen molar-refractivity contribution in [2.75, 3.05) is 4.90 Å². The van der Waals surface area contributed by atoms with Crippen LogP contribution in [-0.2, 0) is 11.3 Å². The van der Waals surface area contributed by atoms with Crippen LogP contribution >= 0.6 is 11.6 Å². The average Bonchev–Trinajstić information content (AvgIpc) is 3.45. The summed E-state index contributed by atoms with van der Waals surface area (Å²) in [5.74, 6) is -0.798. The van der Waals surface area contributed by atoms with Crippen molar-refractivity contribution in [3.8, 4) is 28.8 Å². The van der Waals surface area contributed by atoms with Crippen LogP contribution in [-0.4, -0.2) is 38.0 Å². The SMILES string of the molecule is N#Cc1cc(-c2nn(CC(=O)N(c3ccc4c(c3)OC(F)(F)O4)C3CC3)c(=O)c3nc[nH]c23)ccc1Cl. The lowest BCUT2D eigenvalue weighted by Gasteiger charge is -2.23. The molecule has 0 unspecified atom stereocenters. The molecular formula is C24H15ClF2N6O4. The molecule has 1 aliphatic carbocycles. The van der Waals surface area contributed by atoms with Crippen LogP contribution in [0.25, 0.3) is 22.3 Å². The van der Waals surface area contributed by atoms with Crippen molar-refractivity contribution in [2.24, 2.45) is 0 Å². The van der Waals surface area contributed by atoms with Crippen molar-refractivity contribution in [1.29, 1.82) is 5.26 Å². The van der Waals surface area contributed by atoms with E-state index in [9.17, 15) is 23.6 Å². The van der Waals surface area contributed by atoms with Crippen LogP contribution in [0.15, 0.2) is 47.5 Å². The monoisotopic (exact) mass is 524 g/mol. The van der Waals surface area contributed by atoms with E-state index in [-0.39, 0.29) is 33.6 Å². The van der Waals surface area contributed by atoms with Crippen molar-refractivity contribution < 1.29 is 23.0 Å². The number of halogens is 3. The van der Waals surface area contributed by atoms with E-state index in [4.69, 9.17) is 11.6 Å². The summed E-state index contributed by atoms with van der Waals surface area (Å²) >= 11 is 6.06. The minimum Gasteiger partial charge on any atom is -0.395 e. The van der Waals surface area contributed by atoms with Crippen LogP contribution in [0.3, 0.4) is 0 Å². The largest absolute Gasteiger partial charge is 0.586 e. The zero-order chi connectivity index (χ0) is 25.9. The van der Waals surface area contributed by atoms with E-state index in [0.29, 0.717) is 35.3 Å². The lowest BCUT2D eigenvalue weighted by Crippen LogP contribution is -2.39. The van der Waals surface area contributed by atoms with Gasteiger partial charge in [-0.1, -0.05) is 17.7 Å². The summed E-state index contributed by atoms with van der Waals surface area (Å²) in [6.45, 7) is -0.436. The first kappa shape index (κ1) is 22.9. The van der Waals surface area contributed by atoms with Crippen LogP contribution in [0.1, 0.15) is 18.4 Å². The zero-order valence-corrected chi connectivity index (χ0v) is 19.5. The molecule has 10 nitrogen and oxygen atoms in total. The Morgan fingerprint density at radius 2 is 2.03 bits per heavy atom. The second-order valence-electron chi connectivity index (χ2n) is 8.54. The van der Waals surface area contributed by atoms with E-state index < -0.39 is 24.3 Å². The standard InChI is InChI=1S/C24H15ClF2N6O4/c25-16-5-1-12(7-13(16)9-28)20-21-22(30-11-29-21)23(35)32(31-20)10-19(34)33(14-2-3-14)15-4-6-17-18(8-15)37-24(26,27)36-17/h1,4-8,11,14H,2-3,10H2,(H,29,30). The number of nitrogens with zero attached hydrogens (tertiary/aromatic N) is 5. The Kier molecular flexibility index (Phi) is 5.13. The number of nitrogens with one attached hydrogen (secondary N) is 1. The van der Waals surface area contributed by atoms with Crippen LogP contribution < -0.4 is 19.9 Å². The van der Waals surface area contributed by atoms with Crippen molar-refractivity contribution in [2.45, 2.75) is 31.7 Å². The highest BCUT2D eigenvalue weighted by atomic mass is 35.5. The van der Waals surface area contributed by atoms with Gasteiger partial charge in [-0.2, -0.15) is 10.4 Å². The molecule has 0 atom stereocenters. The van der Waals surface area contributed by atoms with E-state index in [2.05, 4.69) is 24.5 Å². The maximum atomic E-state index is 13.5. The first-order chi connectivity index (χ1) is 17.7. The number of hydrogen-bond donors (Lipinski definition) is 1. The molecule has 1 N–H and O–H groups in total. The van der Waals surface area contributed by atoms with Crippen LogP contribution in [0, 0.1) is 11.3 Å². The minimum absolute atomic E-state index is 0.0644. The summed E-state index contributed by atoms with van der Waals surface area (Å²) in [7, 11) is 0. The summed E-state index contributed by atoms with van der Waals surface area (Å²) in [6, 6.07) is 10.6. The summed E-state index contributed by atoms with van der Waals surface area (Å²) in [5, 5.41) is 14.0. The topological polar surface area (TPSA) is 126 Å². The van der Waals surface area contributed by atoms with Crippen molar-refractivity contribution in [1.82, 2.24) is 19.7 Å². The maximum Gasteiger partial charge on any atom is 0.586 e. The third kappa shape index (κ3) is 4.03. The van der Waals surface area contributed by atoms with Crippen LogP contribution in [0.2, 0.25) is 5.02 Å².